The number of rotatable bonds is 6. The number of carbonyl (C=O) groups excluding carboxylic acids is 3. The first-order valence-electron chi connectivity index (χ1n) is 11.2. The Morgan fingerprint density at radius 2 is 1.75 bits per heavy atom. The van der Waals surface area contributed by atoms with Crippen LogP contribution in [-0.2, 0) is 20.7 Å². The van der Waals surface area contributed by atoms with Crippen molar-refractivity contribution in [1.29, 1.82) is 0 Å². The molecule has 3 aromatic carbocycles. The van der Waals surface area contributed by atoms with Gasteiger partial charge in [0, 0.05) is 5.69 Å². The van der Waals surface area contributed by atoms with Crippen LogP contribution in [0.5, 0.6) is 5.75 Å². The number of aryl methyl sites for hydroxylation is 1. The number of ketones is 1. The lowest BCUT2D eigenvalue weighted by atomic mass is 9.94. The zero-order valence-electron chi connectivity index (χ0n) is 19.9. The summed E-state index contributed by atoms with van der Waals surface area (Å²) in [5.41, 5.74) is 1.74. The Kier molecular flexibility index (Phi) is 6.87. The second-order valence-electron chi connectivity index (χ2n) is 8.15. The predicted octanol–water partition coefficient (Wildman–Crippen LogP) is 4.81. The maximum atomic E-state index is 14.1. The largest absolute Gasteiger partial charge is 0.507 e. The van der Waals surface area contributed by atoms with Crippen LogP contribution in [0, 0.1) is 5.82 Å². The van der Waals surface area contributed by atoms with Gasteiger partial charge in [-0.15, -0.1) is 0 Å². The molecule has 1 saturated heterocycles. The summed E-state index contributed by atoms with van der Waals surface area (Å²) in [5, 5.41) is 11.3. The summed E-state index contributed by atoms with van der Waals surface area (Å²) in [6.45, 7) is 2.00. The molecule has 1 fully saturated rings. The Hall–Kier alpha value is -4.46. The van der Waals surface area contributed by atoms with Gasteiger partial charge in [0.25, 0.3) is 11.7 Å². The Morgan fingerprint density at radius 3 is 2.39 bits per heavy atom. The quantitative estimate of drug-likeness (QED) is 0.231. The molecular weight excluding hydrogens is 465 g/mol. The Bertz CT molecular complexity index is 1380. The molecule has 0 radical (unpaired) electrons. The molecule has 1 aliphatic rings. The van der Waals surface area contributed by atoms with Crippen molar-refractivity contribution in [3.05, 3.63) is 100 Å². The fourth-order valence-electron chi connectivity index (χ4n) is 4.26. The summed E-state index contributed by atoms with van der Waals surface area (Å²) in [6.07, 6.45) is 0.780. The zero-order chi connectivity index (χ0) is 26.0. The summed E-state index contributed by atoms with van der Waals surface area (Å²) in [4.78, 5) is 40.0. The van der Waals surface area contributed by atoms with E-state index in [1.165, 1.54) is 37.3 Å². The molecule has 1 atom stereocenters. The number of hydrogen-bond donors (Lipinski definition) is 1. The highest BCUT2D eigenvalue weighted by molar-refractivity contribution is 6.51. The fourth-order valence-corrected chi connectivity index (χ4v) is 4.26. The van der Waals surface area contributed by atoms with Gasteiger partial charge in [-0.1, -0.05) is 37.3 Å². The number of hydrogen-bond acceptors (Lipinski definition) is 6. The number of halogens is 1. The highest BCUT2D eigenvalue weighted by Gasteiger charge is 2.47. The first-order valence-corrected chi connectivity index (χ1v) is 11.2. The first-order chi connectivity index (χ1) is 17.3. The van der Waals surface area contributed by atoms with Gasteiger partial charge in [0.2, 0.25) is 0 Å². The molecule has 8 heteroatoms. The maximum Gasteiger partial charge on any atom is 0.337 e. The SMILES string of the molecule is CCc1ccc(C2/C(=C(\O)c3cc(F)ccc3OC)C(=O)C(=O)N2c2cccc(C(=O)OC)c2)cc1. The third kappa shape index (κ3) is 4.33. The Balaban J connectivity index is 1.97. The summed E-state index contributed by atoms with van der Waals surface area (Å²) in [6, 6.07) is 15.8. The smallest absolute Gasteiger partial charge is 0.337 e. The molecule has 0 aromatic heterocycles. The molecule has 1 aliphatic heterocycles. The topological polar surface area (TPSA) is 93.1 Å². The van der Waals surface area contributed by atoms with Crippen LogP contribution < -0.4 is 9.64 Å². The van der Waals surface area contributed by atoms with Crippen LogP contribution in [0.1, 0.15) is 40.0 Å². The number of carbonyl (C=O) groups is 3. The molecule has 7 nitrogen and oxygen atoms in total. The van der Waals surface area contributed by atoms with Crippen molar-refractivity contribution in [2.45, 2.75) is 19.4 Å². The number of methoxy groups -OCH3 is 2. The number of esters is 1. The van der Waals surface area contributed by atoms with Gasteiger partial charge in [-0.2, -0.15) is 0 Å². The third-order valence-electron chi connectivity index (χ3n) is 6.11. The van der Waals surface area contributed by atoms with Crippen molar-refractivity contribution in [1.82, 2.24) is 0 Å². The molecular formula is C28H24FNO6. The van der Waals surface area contributed by atoms with Gasteiger partial charge < -0.3 is 14.6 Å². The monoisotopic (exact) mass is 489 g/mol. The van der Waals surface area contributed by atoms with Crippen LogP contribution in [0.25, 0.3) is 5.76 Å². The lowest BCUT2D eigenvalue weighted by Gasteiger charge is -2.26. The zero-order valence-corrected chi connectivity index (χ0v) is 19.9. The van der Waals surface area contributed by atoms with Crippen molar-refractivity contribution >= 4 is 29.1 Å². The molecule has 3 aromatic rings. The van der Waals surface area contributed by atoms with E-state index in [9.17, 15) is 23.9 Å². The summed E-state index contributed by atoms with van der Waals surface area (Å²) in [5.74, 6) is -3.55. The third-order valence-corrected chi connectivity index (χ3v) is 6.11. The van der Waals surface area contributed by atoms with Crippen LogP contribution in [0.15, 0.2) is 72.3 Å². The van der Waals surface area contributed by atoms with Gasteiger partial charge in [0.15, 0.2) is 0 Å². The number of nitrogens with zero attached hydrogens (tertiary/aromatic N) is 1. The van der Waals surface area contributed by atoms with E-state index in [4.69, 9.17) is 9.47 Å². The minimum absolute atomic E-state index is 0.0611. The lowest BCUT2D eigenvalue weighted by molar-refractivity contribution is -0.132. The molecule has 1 amide bonds. The van der Waals surface area contributed by atoms with Crippen LogP contribution in [0.2, 0.25) is 0 Å². The highest BCUT2D eigenvalue weighted by atomic mass is 19.1. The molecule has 0 aliphatic carbocycles. The van der Waals surface area contributed by atoms with Crippen LogP contribution in [-0.4, -0.2) is 37.0 Å². The van der Waals surface area contributed by atoms with Gasteiger partial charge in [-0.3, -0.25) is 14.5 Å². The van der Waals surface area contributed by atoms with Crippen LogP contribution >= 0.6 is 0 Å². The van der Waals surface area contributed by atoms with Crippen molar-refractivity contribution in [3.63, 3.8) is 0 Å². The summed E-state index contributed by atoms with van der Waals surface area (Å²) >= 11 is 0. The second kappa shape index (κ2) is 10.0. The van der Waals surface area contributed by atoms with Crippen LogP contribution in [0.4, 0.5) is 10.1 Å². The average Bonchev–Trinajstić information content (AvgIpc) is 3.17. The van der Waals surface area contributed by atoms with Crippen LogP contribution in [0.3, 0.4) is 0 Å². The summed E-state index contributed by atoms with van der Waals surface area (Å²) < 4.78 is 24.2. The van der Waals surface area contributed by atoms with E-state index in [1.54, 1.807) is 24.3 Å². The minimum atomic E-state index is -1.04. The highest BCUT2D eigenvalue weighted by Crippen LogP contribution is 2.43. The van der Waals surface area contributed by atoms with Gasteiger partial charge in [0.1, 0.15) is 17.3 Å². The molecule has 0 bridgehead atoms. The van der Waals surface area contributed by atoms with E-state index >= 15 is 0 Å². The van der Waals surface area contributed by atoms with E-state index in [-0.39, 0.29) is 28.1 Å². The van der Waals surface area contributed by atoms with Gasteiger partial charge in [-0.05, 0) is 53.9 Å². The standard InChI is InChI=1S/C28H24FNO6/c1-4-16-8-10-17(11-9-16)24-23(25(31)21-15-19(29)12-13-22(21)35-2)26(32)27(33)30(24)20-7-5-6-18(14-20)28(34)36-3/h5-15,24,31H,4H2,1-3H3/b25-23+. The minimum Gasteiger partial charge on any atom is -0.507 e. The number of anilines is 1. The maximum absolute atomic E-state index is 14.1. The first kappa shape index (κ1) is 24.7. The number of ether oxygens (including phenoxy) is 2. The molecule has 184 valence electrons. The van der Waals surface area contributed by atoms with E-state index < -0.39 is 35.3 Å². The molecule has 0 spiro atoms. The van der Waals surface area contributed by atoms with Gasteiger partial charge in [-0.25, -0.2) is 9.18 Å². The second-order valence-corrected chi connectivity index (χ2v) is 8.15. The van der Waals surface area contributed by atoms with Gasteiger partial charge in [0.05, 0.1) is 37.0 Å². The van der Waals surface area contributed by atoms with Crippen molar-refractivity contribution in [2.75, 3.05) is 19.1 Å². The van der Waals surface area contributed by atoms with E-state index in [0.29, 0.717) is 5.56 Å². The normalized spacial score (nSPS) is 16.8. The number of amides is 1. The van der Waals surface area contributed by atoms with E-state index in [2.05, 4.69) is 0 Å². The number of Topliss-reactive ketones (excluding diaryl/α,β-unsaturated/α-hetero) is 1. The molecule has 1 unspecified atom stereocenters. The number of aliphatic hydroxyl groups is 1. The average molecular weight is 489 g/mol. The molecule has 36 heavy (non-hydrogen) atoms. The Morgan fingerprint density at radius 1 is 1.03 bits per heavy atom. The van der Waals surface area contributed by atoms with Crippen molar-refractivity contribution < 1.29 is 33.4 Å². The molecule has 1 heterocycles. The van der Waals surface area contributed by atoms with Crippen molar-refractivity contribution in [3.8, 4) is 5.75 Å². The van der Waals surface area contributed by atoms with E-state index in [1.807, 2.05) is 19.1 Å². The number of benzene rings is 3. The summed E-state index contributed by atoms with van der Waals surface area (Å²) in [7, 11) is 2.59. The molecule has 4 rings (SSSR count). The molecule has 1 N–H and O–H groups in total. The molecule has 0 saturated carbocycles. The number of aliphatic hydroxyl groups excluding tert-OH is 1. The predicted molar refractivity (Wildman–Crippen MR) is 131 cm³/mol. The van der Waals surface area contributed by atoms with Gasteiger partial charge >= 0.3 is 5.97 Å². The lowest BCUT2D eigenvalue weighted by Crippen LogP contribution is -2.29. The van der Waals surface area contributed by atoms with Crippen molar-refractivity contribution in [2.24, 2.45) is 0 Å². The van der Waals surface area contributed by atoms with E-state index in [0.717, 1.165) is 24.1 Å². The fraction of sp³-hybridized carbons (Fsp3) is 0.179. The Labute approximate surface area is 207 Å².